The molecule has 1 heterocycles. The molecular weight excluding hydrogens is 328 g/mol. The van der Waals surface area contributed by atoms with Gasteiger partial charge in [0.15, 0.2) is 0 Å². The fourth-order valence-corrected chi connectivity index (χ4v) is 3.58. The number of methoxy groups -OCH3 is 3. The standard InChI is InChI=1S/C21H41N2O3/c1-6-17-23-19-18-22(7-2)20(23)15-13-11-9-8-10-12-14-16-21(24-3,25-4)26-5/h18-19H,6-17H2,1-5H3/q+1. The van der Waals surface area contributed by atoms with Crippen molar-refractivity contribution >= 4 is 0 Å². The highest BCUT2D eigenvalue weighted by Crippen LogP contribution is 2.21. The van der Waals surface area contributed by atoms with Crippen LogP contribution in [-0.4, -0.2) is 31.9 Å². The van der Waals surface area contributed by atoms with Gasteiger partial charge >= 0.3 is 0 Å². The van der Waals surface area contributed by atoms with E-state index < -0.39 is 5.97 Å². The Hall–Kier alpha value is -0.910. The fourth-order valence-electron chi connectivity index (χ4n) is 3.58. The number of aromatic nitrogens is 2. The molecule has 0 saturated heterocycles. The second-order valence-electron chi connectivity index (χ2n) is 6.96. The van der Waals surface area contributed by atoms with E-state index in [0.717, 1.165) is 25.9 Å². The molecule has 1 rings (SSSR count). The van der Waals surface area contributed by atoms with Gasteiger partial charge in [-0.25, -0.2) is 9.13 Å². The minimum atomic E-state index is -0.859. The Morgan fingerprint density at radius 1 is 0.885 bits per heavy atom. The van der Waals surface area contributed by atoms with Gasteiger partial charge in [0.05, 0.1) is 13.1 Å². The van der Waals surface area contributed by atoms with Gasteiger partial charge in [0.25, 0.3) is 11.8 Å². The number of imidazole rings is 1. The van der Waals surface area contributed by atoms with E-state index in [2.05, 4.69) is 35.4 Å². The largest absolute Gasteiger partial charge is 0.331 e. The molecule has 1 aromatic rings. The molecule has 0 spiro atoms. The minimum absolute atomic E-state index is 0.780. The molecule has 0 aliphatic heterocycles. The molecule has 0 N–H and O–H groups in total. The number of aryl methyl sites for hydroxylation is 2. The van der Waals surface area contributed by atoms with Gasteiger partial charge in [0, 0.05) is 34.2 Å². The lowest BCUT2D eigenvalue weighted by Crippen LogP contribution is -2.37. The Kier molecular flexibility index (Phi) is 11.8. The van der Waals surface area contributed by atoms with Crippen LogP contribution in [0.15, 0.2) is 12.4 Å². The maximum Gasteiger partial charge on any atom is 0.282 e. The molecule has 0 aromatic carbocycles. The first-order chi connectivity index (χ1) is 12.7. The van der Waals surface area contributed by atoms with E-state index >= 15 is 0 Å². The molecule has 26 heavy (non-hydrogen) atoms. The molecule has 0 unspecified atom stereocenters. The van der Waals surface area contributed by atoms with Crippen LogP contribution in [0.4, 0.5) is 0 Å². The van der Waals surface area contributed by atoms with Gasteiger partial charge in [-0.15, -0.1) is 0 Å². The number of nitrogens with zero attached hydrogens (tertiary/aromatic N) is 2. The van der Waals surface area contributed by atoms with Crippen LogP contribution >= 0.6 is 0 Å². The normalized spacial score (nSPS) is 12.0. The van der Waals surface area contributed by atoms with Crippen LogP contribution in [0.1, 0.15) is 77.5 Å². The molecule has 152 valence electrons. The van der Waals surface area contributed by atoms with Gasteiger partial charge in [-0.05, 0) is 26.2 Å². The van der Waals surface area contributed by atoms with Crippen molar-refractivity contribution in [2.24, 2.45) is 0 Å². The molecule has 0 aliphatic carbocycles. The van der Waals surface area contributed by atoms with Crippen molar-refractivity contribution in [3.63, 3.8) is 0 Å². The monoisotopic (exact) mass is 369 g/mol. The van der Waals surface area contributed by atoms with Crippen LogP contribution in [0.5, 0.6) is 0 Å². The summed E-state index contributed by atoms with van der Waals surface area (Å²) in [6, 6.07) is 0. The zero-order valence-corrected chi connectivity index (χ0v) is 17.8. The Morgan fingerprint density at radius 2 is 1.46 bits per heavy atom. The number of hydrogen-bond donors (Lipinski definition) is 0. The molecule has 0 saturated carbocycles. The van der Waals surface area contributed by atoms with E-state index in [1.807, 2.05) is 0 Å². The first-order valence-corrected chi connectivity index (χ1v) is 10.4. The zero-order valence-electron chi connectivity index (χ0n) is 17.8. The fraction of sp³-hybridized carbons (Fsp3) is 0.857. The van der Waals surface area contributed by atoms with E-state index in [4.69, 9.17) is 14.2 Å². The summed E-state index contributed by atoms with van der Waals surface area (Å²) in [6.07, 6.45) is 16.4. The van der Waals surface area contributed by atoms with Crippen LogP contribution in [-0.2, 0) is 33.7 Å². The number of rotatable bonds is 16. The van der Waals surface area contributed by atoms with Crippen LogP contribution in [0.3, 0.4) is 0 Å². The number of unbranched alkanes of at least 4 members (excludes halogenated alkanes) is 6. The summed E-state index contributed by atoms with van der Waals surface area (Å²) < 4.78 is 20.8. The summed E-state index contributed by atoms with van der Waals surface area (Å²) in [6.45, 7) is 6.67. The third-order valence-corrected chi connectivity index (χ3v) is 5.21. The van der Waals surface area contributed by atoms with Gasteiger partial charge in [-0.1, -0.05) is 39.0 Å². The van der Waals surface area contributed by atoms with Crippen LogP contribution in [0.25, 0.3) is 0 Å². The SMILES string of the molecule is CCC[n+]1ccn(CC)c1CCCCCCCCCC(OC)(OC)OC. The minimum Gasteiger partial charge on any atom is -0.331 e. The average molecular weight is 370 g/mol. The molecule has 0 atom stereocenters. The van der Waals surface area contributed by atoms with E-state index in [-0.39, 0.29) is 0 Å². The van der Waals surface area contributed by atoms with Crippen LogP contribution in [0, 0.1) is 0 Å². The summed E-state index contributed by atoms with van der Waals surface area (Å²) in [5.74, 6) is 0.631. The molecular formula is C21H41N2O3+. The second kappa shape index (κ2) is 13.3. The van der Waals surface area contributed by atoms with E-state index in [0.29, 0.717) is 0 Å². The Bertz CT molecular complexity index is 462. The summed E-state index contributed by atoms with van der Waals surface area (Å²) in [7, 11) is 4.89. The van der Waals surface area contributed by atoms with Crippen molar-refractivity contribution in [3.8, 4) is 0 Å². The lowest BCUT2D eigenvalue weighted by atomic mass is 10.1. The predicted octanol–water partition coefficient (Wildman–Crippen LogP) is 4.46. The molecule has 0 amide bonds. The first kappa shape index (κ1) is 23.1. The topological polar surface area (TPSA) is 36.5 Å². The highest BCUT2D eigenvalue weighted by molar-refractivity contribution is 4.83. The third kappa shape index (κ3) is 7.37. The molecule has 0 fully saturated rings. The lowest BCUT2D eigenvalue weighted by Gasteiger charge is -2.28. The molecule has 0 bridgehead atoms. The van der Waals surface area contributed by atoms with Crippen molar-refractivity contribution in [1.29, 1.82) is 0 Å². The summed E-state index contributed by atoms with van der Waals surface area (Å²) in [5, 5.41) is 0. The molecule has 5 nitrogen and oxygen atoms in total. The van der Waals surface area contributed by atoms with Crippen LogP contribution in [0.2, 0.25) is 0 Å². The summed E-state index contributed by atoms with van der Waals surface area (Å²) >= 11 is 0. The highest BCUT2D eigenvalue weighted by atomic mass is 16.9. The molecule has 1 aromatic heterocycles. The summed E-state index contributed by atoms with van der Waals surface area (Å²) in [5.41, 5.74) is 0. The highest BCUT2D eigenvalue weighted by Gasteiger charge is 2.28. The second-order valence-corrected chi connectivity index (χ2v) is 6.96. The van der Waals surface area contributed by atoms with Gasteiger partial charge < -0.3 is 14.2 Å². The van der Waals surface area contributed by atoms with Crippen molar-refractivity contribution in [2.45, 2.75) is 97.1 Å². The average Bonchev–Trinajstić information content (AvgIpc) is 3.06. The van der Waals surface area contributed by atoms with E-state index in [9.17, 15) is 0 Å². The van der Waals surface area contributed by atoms with Gasteiger partial charge in [0.1, 0.15) is 12.4 Å². The van der Waals surface area contributed by atoms with E-state index in [1.54, 1.807) is 21.3 Å². The quantitative estimate of drug-likeness (QED) is 0.245. The third-order valence-electron chi connectivity index (χ3n) is 5.21. The van der Waals surface area contributed by atoms with Gasteiger partial charge in [-0.2, -0.15) is 0 Å². The van der Waals surface area contributed by atoms with E-state index in [1.165, 1.54) is 57.2 Å². The molecule has 0 aliphatic rings. The maximum atomic E-state index is 5.33. The Balaban J connectivity index is 2.14. The van der Waals surface area contributed by atoms with Crippen LogP contribution < -0.4 is 4.57 Å². The first-order valence-electron chi connectivity index (χ1n) is 10.4. The Labute approximate surface area is 160 Å². The maximum absolute atomic E-state index is 5.33. The van der Waals surface area contributed by atoms with Gasteiger partial charge in [-0.3, -0.25) is 0 Å². The Morgan fingerprint density at radius 3 is 2.00 bits per heavy atom. The van der Waals surface area contributed by atoms with Crippen molar-refractivity contribution < 1.29 is 18.8 Å². The van der Waals surface area contributed by atoms with Crippen molar-refractivity contribution in [3.05, 3.63) is 18.2 Å². The molecule has 5 heteroatoms. The predicted molar refractivity (Wildman–Crippen MR) is 105 cm³/mol. The van der Waals surface area contributed by atoms with Gasteiger partial charge in [0.2, 0.25) is 0 Å². The smallest absolute Gasteiger partial charge is 0.282 e. The number of hydrogen-bond acceptors (Lipinski definition) is 3. The zero-order chi connectivity index (χ0) is 19.3. The van der Waals surface area contributed by atoms with Crippen molar-refractivity contribution in [1.82, 2.24) is 4.57 Å². The summed E-state index contributed by atoms with van der Waals surface area (Å²) in [4.78, 5) is 0. The molecule has 0 radical (unpaired) electrons. The lowest BCUT2D eigenvalue weighted by molar-refractivity contribution is -0.703. The van der Waals surface area contributed by atoms with Crippen molar-refractivity contribution in [2.75, 3.05) is 21.3 Å². The number of ether oxygens (including phenoxy) is 3.